The van der Waals surface area contributed by atoms with Crippen molar-refractivity contribution in [3.05, 3.63) is 17.1 Å². The van der Waals surface area contributed by atoms with E-state index < -0.39 is 0 Å². The molecule has 17 heavy (non-hydrogen) atoms. The maximum absolute atomic E-state index is 8.88. The fraction of sp³-hybridized carbons (Fsp3) is 0.583. The van der Waals surface area contributed by atoms with Crippen molar-refractivity contribution in [2.75, 3.05) is 5.73 Å². The number of aromatic nitrogens is 2. The second kappa shape index (κ2) is 5.37. The molecular weight excluding hydrogens is 232 g/mol. The summed E-state index contributed by atoms with van der Waals surface area (Å²) in [7, 11) is 0. The lowest BCUT2D eigenvalue weighted by atomic mass is 10.2. The second-order valence-electron chi connectivity index (χ2n) is 4.31. The Morgan fingerprint density at radius 2 is 2.12 bits per heavy atom. The van der Waals surface area contributed by atoms with Gasteiger partial charge in [0, 0.05) is 5.25 Å². The summed E-state index contributed by atoms with van der Waals surface area (Å²) in [4.78, 5) is 8.52. The summed E-state index contributed by atoms with van der Waals surface area (Å²) in [6, 6.07) is 2.03. The quantitative estimate of drug-likeness (QED) is 0.889. The van der Waals surface area contributed by atoms with Crippen molar-refractivity contribution in [3.8, 4) is 6.07 Å². The first-order valence-corrected chi connectivity index (χ1v) is 6.90. The molecule has 1 saturated carbocycles. The smallest absolute Gasteiger partial charge is 0.145 e. The third-order valence-corrected chi connectivity index (χ3v) is 4.39. The molecule has 0 aliphatic heterocycles. The van der Waals surface area contributed by atoms with E-state index in [0.717, 1.165) is 16.8 Å². The Kier molecular flexibility index (Phi) is 3.85. The fourth-order valence-electron chi connectivity index (χ4n) is 2.10. The molecule has 0 saturated heterocycles. The predicted octanol–water partition coefficient (Wildman–Crippen LogP) is 2.41. The molecule has 2 N–H and O–H groups in total. The number of hydrogen-bond donors (Lipinski definition) is 1. The minimum atomic E-state index is 0.307. The molecule has 0 spiro atoms. The molecule has 0 atom stereocenters. The average Bonchev–Trinajstić information content (AvgIpc) is 2.79. The molecule has 1 aromatic rings. The minimum Gasteiger partial charge on any atom is -0.382 e. The molecule has 5 heteroatoms. The van der Waals surface area contributed by atoms with Gasteiger partial charge < -0.3 is 5.73 Å². The maximum atomic E-state index is 8.88. The van der Waals surface area contributed by atoms with Crippen LogP contribution in [0.3, 0.4) is 0 Å². The topological polar surface area (TPSA) is 75.6 Å². The summed E-state index contributed by atoms with van der Waals surface area (Å²) < 4.78 is 0. The van der Waals surface area contributed by atoms with E-state index in [9.17, 15) is 0 Å². The highest BCUT2D eigenvalue weighted by molar-refractivity contribution is 7.99. The minimum absolute atomic E-state index is 0.307. The zero-order valence-corrected chi connectivity index (χ0v) is 10.8. The summed E-state index contributed by atoms with van der Waals surface area (Å²) in [6.07, 6.45) is 5.28. The molecule has 0 amide bonds. The van der Waals surface area contributed by atoms with Crippen LogP contribution in [0, 0.1) is 18.3 Å². The average molecular weight is 248 g/mol. The molecule has 1 heterocycles. The van der Waals surface area contributed by atoms with Gasteiger partial charge in [0.25, 0.3) is 0 Å². The highest BCUT2D eigenvalue weighted by Crippen LogP contribution is 2.31. The normalized spacial score (nSPS) is 16.0. The standard InChI is InChI=1S/C12H16N4S/c1-8-10(6-13)12(14)16-11(15-8)7-17-9-4-2-3-5-9/h9H,2-5,7H2,1H3,(H2,14,15,16). The van der Waals surface area contributed by atoms with E-state index in [1.165, 1.54) is 25.7 Å². The lowest BCUT2D eigenvalue weighted by molar-refractivity contribution is 0.886. The Morgan fingerprint density at radius 1 is 1.41 bits per heavy atom. The van der Waals surface area contributed by atoms with Gasteiger partial charge >= 0.3 is 0 Å². The number of nitrogens with zero attached hydrogens (tertiary/aromatic N) is 3. The van der Waals surface area contributed by atoms with Crippen LogP contribution in [0.15, 0.2) is 0 Å². The number of anilines is 1. The van der Waals surface area contributed by atoms with Gasteiger partial charge in [-0.05, 0) is 19.8 Å². The van der Waals surface area contributed by atoms with Crippen molar-refractivity contribution in [1.29, 1.82) is 5.26 Å². The van der Waals surface area contributed by atoms with E-state index >= 15 is 0 Å². The summed E-state index contributed by atoms with van der Waals surface area (Å²) in [5.74, 6) is 1.85. The van der Waals surface area contributed by atoms with E-state index in [-0.39, 0.29) is 0 Å². The zero-order valence-electron chi connectivity index (χ0n) is 9.94. The summed E-state index contributed by atoms with van der Waals surface area (Å²) >= 11 is 1.90. The van der Waals surface area contributed by atoms with Crippen LogP contribution < -0.4 is 5.73 Å². The number of thioether (sulfide) groups is 1. The Balaban J connectivity index is 2.04. The van der Waals surface area contributed by atoms with Crippen LogP contribution in [-0.4, -0.2) is 15.2 Å². The first-order valence-electron chi connectivity index (χ1n) is 5.85. The SMILES string of the molecule is Cc1nc(CSC2CCCC2)nc(N)c1C#N. The molecular formula is C12H16N4S. The Hall–Kier alpha value is -1.28. The largest absolute Gasteiger partial charge is 0.382 e. The van der Waals surface area contributed by atoms with Crippen LogP contribution in [0.5, 0.6) is 0 Å². The first kappa shape index (κ1) is 12.2. The van der Waals surface area contributed by atoms with Gasteiger partial charge in [0.05, 0.1) is 11.4 Å². The molecule has 1 aliphatic carbocycles. The van der Waals surface area contributed by atoms with Gasteiger partial charge in [0.1, 0.15) is 23.3 Å². The number of rotatable bonds is 3. The number of hydrogen-bond acceptors (Lipinski definition) is 5. The third kappa shape index (κ3) is 2.89. The van der Waals surface area contributed by atoms with Gasteiger partial charge in [0.15, 0.2) is 0 Å². The van der Waals surface area contributed by atoms with E-state index in [4.69, 9.17) is 11.0 Å². The van der Waals surface area contributed by atoms with Crippen LogP contribution in [0.4, 0.5) is 5.82 Å². The number of aryl methyl sites for hydroxylation is 1. The van der Waals surface area contributed by atoms with Crippen LogP contribution >= 0.6 is 11.8 Å². The Bertz CT molecular complexity index is 423. The molecule has 90 valence electrons. The first-order chi connectivity index (χ1) is 8.20. The van der Waals surface area contributed by atoms with Crippen LogP contribution in [-0.2, 0) is 5.75 Å². The number of nitrogens with two attached hydrogens (primary N) is 1. The number of nitriles is 1. The zero-order chi connectivity index (χ0) is 12.3. The van der Waals surface area contributed by atoms with Gasteiger partial charge in [-0.3, -0.25) is 0 Å². The summed E-state index contributed by atoms with van der Waals surface area (Å²) in [6.45, 7) is 1.81. The Labute approximate surface area is 106 Å². The van der Waals surface area contributed by atoms with E-state index in [2.05, 4.69) is 9.97 Å². The van der Waals surface area contributed by atoms with Gasteiger partial charge in [-0.15, -0.1) is 0 Å². The predicted molar refractivity (Wildman–Crippen MR) is 69.4 cm³/mol. The van der Waals surface area contributed by atoms with E-state index in [0.29, 0.717) is 17.1 Å². The maximum Gasteiger partial charge on any atom is 0.145 e. The molecule has 2 rings (SSSR count). The highest BCUT2D eigenvalue weighted by atomic mass is 32.2. The molecule has 0 bridgehead atoms. The molecule has 1 fully saturated rings. The number of nitrogen functional groups attached to an aromatic ring is 1. The molecule has 1 aromatic heterocycles. The van der Waals surface area contributed by atoms with E-state index in [1.54, 1.807) is 6.92 Å². The van der Waals surface area contributed by atoms with Gasteiger partial charge in [-0.1, -0.05) is 12.8 Å². The van der Waals surface area contributed by atoms with Crippen molar-refractivity contribution in [1.82, 2.24) is 9.97 Å². The molecule has 4 nitrogen and oxygen atoms in total. The molecule has 1 aliphatic rings. The van der Waals surface area contributed by atoms with E-state index in [1.807, 2.05) is 17.8 Å². The van der Waals surface area contributed by atoms with Gasteiger partial charge in [-0.2, -0.15) is 17.0 Å². The Morgan fingerprint density at radius 3 is 2.71 bits per heavy atom. The third-order valence-electron chi connectivity index (χ3n) is 3.03. The molecule has 0 unspecified atom stereocenters. The summed E-state index contributed by atoms with van der Waals surface area (Å²) in [5, 5.41) is 9.62. The van der Waals surface area contributed by atoms with Crippen molar-refractivity contribution in [2.45, 2.75) is 43.6 Å². The highest BCUT2D eigenvalue weighted by Gasteiger charge is 2.16. The van der Waals surface area contributed by atoms with Gasteiger partial charge in [0.2, 0.25) is 0 Å². The molecule has 0 aromatic carbocycles. The van der Waals surface area contributed by atoms with Crippen LogP contribution in [0.1, 0.15) is 42.8 Å². The fourth-order valence-corrected chi connectivity index (χ4v) is 3.29. The van der Waals surface area contributed by atoms with Crippen molar-refractivity contribution < 1.29 is 0 Å². The van der Waals surface area contributed by atoms with Gasteiger partial charge in [-0.25, -0.2) is 9.97 Å². The van der Waals surface area contributed by atoms with Crippen molar-refractivity contribution >= 4 is 17.6 Å². The lowest BCUT2D eigenvalue weighted by Gasteiger charge is -2.09. The van der Waals surface area contributed by atoms with Crippen LogP contribution in [0.25, 0.3) is 0 Å². The van der Waals surface area contributed by atoms with Crippen molar-refractivity contribution in [3.63, 3.8) is 0 Å². The van der Waals surface area contributed by atoms with Crippen molar-refractivity contribution in [2.24, 2.45) is 0 Å². The second-order valence-corrected chi connectivity index (χ2v) is 5.60. The van der Waals surface area contributed by atoms with Crippen LogP contribution in [0.2, 0.25) is 0 Å². The lowest BCUT2D eigenvalue weighted by Crippen LogP contribution is -2.06. The monoisotopic (exact) mass is 248 g/mol. The molecule has 0 radical (unpaired) electrons. The summed E-state index contributed by atoms with van der Waals surface area (Å²) in [5.41, 5.74) is 6.82.